The molecule has 1 unspecified atom stereocenters. The van der Waals surface area contributed by atoms with Crippen LogP contribution in [0.25, 0.3) is 0 Å². The first-order chi connectivity index (χ1) is 3.39. The third-order valence-corrected chi connectivity index (χ3v) is 1.56. The number of hydrogen-bond acceptors (Lipinski definition) is 2. The van der Waals surface area contributed by atoms with Gasteiger partial charge >= 0.3 is 0 Å². The third kappa shape index (κ3) is 1.41. The molecule has 1 aliphatic heterocycles. The average Bonchev–Trinajstić information content (AvgIpc) is 1.69. The van der Waals surface area contributed by atoms with E-state index in [0.717, 1.165) is 0 Å². The van der Waals surface area contributed by atoms with Crippen molar-refractivity contribution < 1.29 is 8.39 Å². The van der Waals surface area contributed by atoms with Crippen molar-refractivity contribution in [2.24, 2.45) is 0 Å². The fraction of sp³-hybridized carbons (Fsp3) is 0.500. The molecule has 0 saturated carbocycles. The van der Waals surface area contributed by atoms with Crippen LogP contribution in [0.1, 0.15) is 0 Å². The molecule has 0 bridgehead atoms. The van der Waals surface area contributed by atoms with Crippen molar-refractivity contribution in [3.63, 3.8) is 0 Å². The molecule has 7 heavy (non-hydrogen) atoms. The molecule has 0 aliphatic carbocycles. The van der Waals surface area contributed by atoms with Crippen molar-refractivity contribution in [2.45, 2.75) is 0 Å². The molecule has 0 amide bonds. The Morgan fingerprint density at radius 1 is 1.57 bits per heavy atom. The molecule has 1 atom stereocenters. The van der Waals surface area contributed by atoms with Crippen molar-refractivity contribution >= 4 is 11.1 Å². The molecule has 1 rings (SSSR count). The molecule has 3 heteroatoms. The molecule has 0 radical (unpaired) electrons. The summed E-state index contributed by atoms with van der Waals surface area (Å²) in [6.07, 6.45) is 3.72. The summed E-state index contributed by atoms with van der Waals surface area (Å²) in [5.41, 5.74) is 0. The molecule has 1 aliphatic rings. The summed E-state index contributed by atoms with van der Waals surface area (Å²) in [5.74, 6) is 0.556. The zero-order chi connectivity index (χ0) is 5.11. The van der Waals surface area contributed by atoms with Crippen LogP contribution in [-0.4, -0.2) is 16.6 Å². The van der Waals surface area contributed by atoms with Gasteiger partial charge in [0.15, 0.2) is 11.1 Å². The molecule has 0 aromatic rings. The third-order valence-electron chi connectivity index (χ3n) is 0.695. The van der Waals surface area contributed by atoms with E-state index in [0.29, 0.717) is 12.4 Å². The lowest BCUT2D eigenvalue weighted by Gasteiger charge is -2.00. The standard InChI is InChI=1S/C4H6O2S/c5-7-4-2-1-3-6-7/h1-2H,3-4H2. The van der Waals surface area contributed by atoms with Gasteiger partial charge in [-0.05, 0) is 0 Å². The minimum absolute atomic E-state index is 0.507. The monoisotopic (exact) mass is 118 g/mol. The second-order valence-corrected chi connectivity index (χ2v) is 2.40. The van der Waals surface area contributed by atoms with E-state index in [1.54, 1.807) is 0 Å². The van der Waals surface area contributed by atoms with Gasteiger partial charge in [0.2, 0.25) is 0 Å². The van der Waals surface area contributed by atoms with Gasteiger partial charge in [0.05, 0.1) is 12.4 Å². The predicted octanol–water partition coefficient (Wildman–Crippen LogP) is 0.237. The van der Waals surface area contributed by atoms with E-state index < -0.39 is 11.1 Å². The minimum atomic E-state index is -1.03. The van der Waals surface area contributed by atoms with Gasteiger partial charge in [-0.15, -0.1) is 0 Å². The largest absolute Gasteiger partial charge is 0.286 e. The van der Waals surface area contributed by atoms with Gasteiger partial charge in [-0.2, -0.15) is 0 Å². The second kappa shape index (κ2) is 2.23. The molecule has 0 aromatic heterocycles. The molecule has 40 valence electrons. The Balaban J connectivity index is 2.47. The van der Waals surface area contributed by atoms with Crippen LogP contribution in [0.15, 0.2) is 12.2 Å². The van der Waals surface area contributed by atoms with E-state index in [1.165, 1.54) is 0 Å². The van der Waals surface area contributed by atoms with Crippen LogP contribution in [0.2, 0.25) is 0 Å². The summed E-state index contributed by atoms with van der Waals surface area (Å²) < 4.78 is 15.0. The Kier molecular flexibility index (Phi) is 1.59. The molecule has 1 heterocycles. The lowest BCUT2D eigenvalue weighted by Crippen LogP contribution is -2.04. The van der Waals surface area contributed by atoms with Gasteiger partial charge in [-0.1, -0.05) is 12.2 Å². The Hall–Kier alpha value is -0.150. The highest BCUT2D eigenvalue weighted by atomic mass is 32.2. The SMILES string of the molecule is O=S1CC=CCO1. The highest BCUT2D eigenvalue weighted by Crippen LogP contribution is 1.93. The first kappa shape index (κ1) is 5.00. The zero-order valence-corrected chi connectivity index (χ0v) is 4.61. The molecular formula is C4H6O2S. The molecular weight excluding hydrogens is 112 g/mol. The van der Waals surface area contributed by atoms with Crippen molar-refractivity contribution in [1.29, 1.82) is 0 Å². The summed E-state index contributed by atoms with van der Waals surface area (Å²) in [5, 5.41) is 0. The van der Waals surface area contributed by atoms with Gasteiger partial charge in [-0.25, -0.2) is 4.21 Å². The normalized spacial score (nSPS) is 30.6. The molecule has 0 N–H and O–H groups in total. The minimum Gasteiger partial charge on any atom is -0.286 e. The van der Waals surface area contributed by atoms with E-state index in [4.69, 9.17) is 0 Å². The Morgan fingerprint density at radius 2 is 2.43 bits per heavy atom. The smallest absolute Gasteiger partial charge is 0.159 e. The molecule has 0 aromatic carbocycles. The highest BCUT2D eigenvalue weighted by Gasteiger charge is 1.98. The summed E-state index contributed by atoms with van der Waals surface area (Å²) in [6.45, 7) is 0.507. The molecule has 0 spiro atoms. The van der Waals surface area contributed by atoms with Crippen LogP contribution in [-0.2, 0) is 15.3 Å². The van der Waals surface area contributed by atoms with Gasteiger partial charge in [-0.3, -0.25) is 4.18 Å². The summed E-state index contributed by atoms with van der Waals surface area (Å²) in [6, 6.07) is 0. The van der Waals surface area contributed by atoms with Crippen LogP contribution in [0.3, 0.4) is 0 Å². The van der Waals surface area contributed by atoms with E-state index in [9.17, 15) is 4.21 Å². The fourth-order valence-electron chi connectivity index (χ4n) is 0.378. The fourth-order valence-corrected chi connectivity index (χ4v) is 0.998. The summed E-state index contributed by atoms with van der Waals surface area (Å²) in [7, 11) is 0. The van der Waals surface area contributed by atoms with Gasteiger partial charge in [0.25, 0.3) is 0 Å². The number of hydrogen-bond donors (Lipinski definition) is 0. The van der Waals surface area contributed by atoms with Crippen LogP contribution >= 0.6 is 0 Å². The zero-order valence-electron chi connectivity index (χ0n) is 3.79. The van der Waals surface area contributed by atoms with E-state index >= 15 is 0 Å². The average molecular weight is 118 g/mol. The number of rotatable bonds is 0. The molecule has 0 fully saturated rings. The first-order valence-corrected chi connectivity index (χ1v) is 3.30. The Morgan fingerprint density at radius 3 is 2.71 bits per heavy atom. The Labute approximate surface area is 44.8 Å². The maximum absolute atomic E-state index is 10.3. The van der Waals surface area contributed by atoms with Crippen molar-refractivity contribution in [2.75, 3.05) is 12.4 Å². The van der Waals surface area contributed by atoms with E-state index in [2.05, 4.69) is 4.18 Å². The topological polar surface area (TPSA) is 26.3 Å². The highest BCUT2D eigenvalue weighted by molar-refractivity contribution is 7.80. The van der Waals surface area contributed by atoms with Gasteiger partial charge < -0.3 is 0 Å². The lowest BCUT2D eigenvalue weighted by molar-refractivity contribution is 0.391. The van der Waals surface area contributed by atoms with Gasteiger partial charge in [0.1, 0.15) is 0 Å². The van der Waals surface area contributed by atoms with Crippen molar-refractivity contribution in [3.8, 4) is 0 Å². The summed E-state index contributed by atoms with van der Waals surface area (Å²) in [4.78, 5) is 0. The van der Waals surface area contributed by atoms with Crippen LogP contribution in [0.5, 0.6) is 0 Å². The second-order valence-electron chi connectivity index (χ2n) is 1.23. The van der Waals surface area contributed by atoms with Crippen molar-refractivity contribution in [1.82, 2.24) is 0 Å². The Bertz CT molecular complexity index is 108. The first-order valence-electron chi connectivity index (χ1n) is 2.06. The molecule has 2 nitrogen and oxygen atoms in total. The predicted molar refractivity (Wildman–Crippen MR) is 28.1 cm³/mol. The quantitative estimate of drug-likeness (QED) is 0.426. The van der Waals surface area contributed by atoms with Crippen molar-refractivity contribution in [3.05, 3.63) is 12.2 Å². The lowest BCUT2D eigenvalue weighted by atomic mass is 10.6. The van der Waals surface area contributed by atoms with Crippen LogP contribution in [0, 0.1) is 0 Å². The van der Waals surface area contributed by atoms with Crippen LogP contribution in [0.4, 0.5) is 0 Å². The maximum Gasteiger partial charge on any atom is 0.159 e. The van der Waals surface area contributed by atoms with Gasteiger partial charge in [0, 0.05) is 0 Å². The molecule has 0 saturated heterocycles. The van der Waals surface area contributed by atoms with Crippen LogP contribution < -0.4 is 0 Å². The van der Waals surface area contributed by atoms with E-state index in [-0.39, 0.29) is 0 Å². The van der Waals surface area contributed by atoms with E-state index in [1.807, 2.05) is 12.2 Å². The maximum atomic E-state index is 10.3. The summed E-state index contributed by atoms with van der Waals surface area (Å²) >= 11 is -1.03.